The lowest BCUT2D eigenvalue weighted by molar-refractivity contribution is 0.547. The first kappa shape index (κ1) is 9.19. The van der Waals surface area contributed by atoms with Gasteiger partial charge in [0.1, 0.15) is 5.82 Å². The molecule has 0 aliphatic rings. The highest BCUT2D eigenvalue weighted by molar-refractivity contribution is 5.03. The van der Waals surface area contributed by atoms with Crippen molar-refractivity contribution in [3.63, 3.8) is 0 Å². The number of nitrogens with two attached hydrogens (primary N) is 1. The number of hydrogen-bond donors (Lipinski definition) is 2. The van der Waals surface area contributed by atoms with Crippen LogP contribution in [-0.2, 0) is 5.41 Å². The lowest BCUT2D eigenvalue weighted by Crippen LogP contribution is -2.14. The minimum atomic E-state index is -0.0754. The zero-order valence-electron chi connectivity index (χ0n) is 8.05. The molecule has 4 heteroatoms. The molecule has 0 aliphatic carbocycles. The van der Waals surface area contributed by atoms with Crippen LogP contribution in [-0.4, -0.2) is 15.2 Å². The normalized spacial score (nSPS) is 14.8. The Labute approximate surface area is 72.6 Å². The van der Waals surface area contributed by atoms with E-state index in [9.17, 15) is 0 Å². The summed E-state index contributed by atoms with van der Waals surface area (Å²) in [5.74, 6) is 1.56. The highest BCUT2D eigenvalue weighted by Gasteiger charge is 2.19. The van der Waals surface area contributed by atoms with Crippen LogP contribution in [0.15, 0.2) is 0 Å². The van der Waals surface area contributed by atoms with Crippen molar-refractivity contribution in [3.05, 3.63) is 11.6 Å². The first-order valence-corrected chi connectivity index (χ1v) is 4.09. The highest BCUT2D eigenvalue weighted by Crippen LogP contribution is 2.18. The molecule has 0 radical (unpaired) electrons. The molecule has 0 saturated carbocycles. The van der Waals surface area contributed by atoms with E-state index >= 15 is 0 Å². The van der Waals surface area contributed by atoms with E-state index in [1.807, 2.05) is 6.92 Å². The van der Waals surface area contributed by atoms with Gasteiger partial charge < -0.3 is 5.73 Å². The van der Waals surface area contributed by atoms with Crippen LogP contribution in [0.1, 0.15) is 45.4 Å². The van der Waals surface area contributed by atoms with E-state index in [-0.39, 0.29) is 11.5 Å². The van der Waals surface area contributed by atoms with Crippen LogP contribution in [0, 0.1) is 0 Å². The van der Waals surface area contributed by atoms with Gasteiger partial charge in [-0.15, -0.1) is 0 Å². The molecular formula is C8H16N4. The van der Waals surface area contributed by atoms with Crippen molar-refractivity contribution in [1.29, 1.82) is 0 Å². The smallest absolute Gasteiger partial charge is 0.156 e. The van der Waals surface area contributed by atoms with Crippen molar-refractivity contribution in [1.82, 2.24) is 15.2 Å². The van der Waals surface area contributed by atoms with Gasteiger partial charge in [0.25, 0.3) is 0 Å². The summed E-state index contributed by atoms with van der Waals surface area (Å²) >= 11 is 0. The second-order valence-corrected chi connectivity index (χ2v) is 4.08. The summed E-state index contributed by atoms with van der Waals surface area (Å²) in [6.07, 6.45) is 0. The molecule has 1 aromatic heterocycles. The predicted molar refractivity (Wildman–Crippen MR) is 47.7 cm³/mol. The van der Waals surface area contributed by atoms with Crippen LogP contribution in [0.2, 0.25) is 0 Å². The van der Waals surface area contributed by atoms with Crippen LogP contribution >= 0.6 is 0 Å². The summed E-state index contributed by atoms with van der Waals surface area (Å²) in [5.41, 5.74) is 5.63. The third-order valence-electron chi connectivity index (χ3n) is 1.60. The summed E-state index contributed by atoms with van der Waals surface area (Å²) in [5, 5.41) is 6.92. The number of hydrogen-bond acceptors (Lipinski definition) is 3. The Kier molecular flexibility index (Phi) is 2.19. The molecule has 0 bridgehead atoms. The van der Waals surface area contributed by atoms with Gasteiger partial charge in [-0.1, -0.05) is 20.8 Å². The number of rotatable bonds is 1. The van der Waals surface area contributed by atoms with E-state index < -0.39 is 0 Å². The average Bonchev–Trinajstić information content (AvgIpc) is 2.30. The Balaban J connectivity index is 2.92. The molecule has 0 aliphatic heterocycles. The zero-order valence-corrected chi connectivity index (χ0v) is 8.05. The Morgan fingerprint density at radius 1 is 1.42 bits per heavy atom. The Morgan fingerprint density at radius 2 is 2.00 bits per heavy atom. The average molecular weight is 168 g/mol. The molecule has 1 rings (SSSR count). The molecule has 0 spiro atoms. The zero-order chi connectivity index (χ0) is 9.35. The highest BCUT2D eigenvalue weighted by atomic mass is 15.2. The van der Waals surface area contributed by atoms with E-state index in [1.54, 1.807) is 0 Å². The first-order valence-electron chi connectivity index (χ1n) is 4.09. The molecular weight excluding hydrogens is 152 g/mol. The van der Waals surface area contributed by atoms with Crippen LogP contribution in [0.4, 0.5) is 0 Å². The molecule has 0 amide bonds. The molecule has 4 nitrogen and oxygen atoms in total. The monoisotopic (exact) mass is 168 g/mol. The van der Waals surface area contributed by atoms with E-state index in [4.69, 9.17) is 5.73 Å². The molecule has 0 saturated heterocycles. The quantitative estimate of drug-likeness (QED) is 0.660. The van der Waals surface area contributed by atoms with Gasteiger partial charge in [0, 0.05) is 5.41 Å². The largest absolute Gasteiger partial charge is 0.322 e. The fourth-order valence-electron chi connectivity index (χ4n) is 0.813. The van der Waals surface area contributed by atoms with Gasteiger partial charge in [0.2, 0.25) is 0 Å². The van der Waals surface area contributed by atoms with Crippen molar-refractivity contribution < 1.29 is 0 Å². The fraction of sp³-hybridized carbons (Fsp3) is 0.750. The van der Waals surface area contributed by atoms with Crippen LogP contribution in [0.3, 0.4) is 0 Å². The maximum Gasteiger partial charge on any atom is 0.156 e. The van der Waals surface area contributed by atoms with Crippen molar-refractivity contribution in [2.45, 2.75) is 39.2 Å². The first-order chi connectivity index (χ1) is 5.41. The summed E-state index contributed by atoms with van der Waals surface area (Å²) in [6, 6.07) is -0.0754. The maximum absolute atomic E-state index is 5.64. The number of nitrogens with one attached hydrogen (secondary N) is 1. The van der Waals surface area contributed by atoms with Gasteiger partial charge in [-0.25, -0.2) is 4.98 Å². The molecule has 1 heterocycles. The van der Waals surface area contributed by atoms with Crippen molar-refractivity contribution in [2.24, 2.45) is 5.73 Å². The van der Waals surface area contributed by atoms with Crippen molar-refractivity contribution >= 4 is 0 Å². The van der Waals surface area contributed by atoms with Crippen LogP contribution in [0.25, 0.3) is 0 Å². The van der Waals surface area contributed by atoms with Crippen LogP contribution < -0.4 is 5.73 Å². The number of nitrogens with zero attached hydrogens (tertiary/aromatic N) is 2. The Bertz CT molecular complexity index is 256. The second-order valence-electron chi connectivity index (χ2n) is 4.08. The topological polar surface area (TPSA) is 67.6 Å². The number of H-pyrrole nitrogens is 1. The van der Waals surface area contributed by atoms with Crippen molar-refractivity contribution in [3.8, 4) is 0 Å². The van der Waals surface area contributed by atoms with Gasteiger partial charge in [-0.2, -0.15) is 5.10 Å². The molecule has 1 atom stereocenters. The molecule has 1 unspecified atom stereocenters. The van der Waals surface area contributed by atoms with E-state index in [0.717, 1.165) is 11.6 Å². The standard InChI is InChI=1S/C8H16N4/c1-5(9)6-10-7(12-11-6)8(2,3)4/h5H,9H2,1-4H3,(H,10,11,12). The summed E-state index contributed by atoms with van der Waals surface area (Å²) in [4.78, 5) is 4.29. The molecule has 1 aromatic rings. The summed E-state index contributed by atoms with van der Waals surface area (Å²) in [6.45, 7) is 8.09. The van der Waals surface area contributed by atoms with E-state index in [2.05, 4.69) is 36.0 Å². The minimum Gasteiger partial charge on any atom is -0.322 e. The van der Waals surface area contributed by atoms with Gasteiger partial charge in [-0.05, 0) is 6.92 Å². The molecule has 0 aromatic carbocycles. The third kappa shape index (κ3) is 1.82. The van der Waals surface area contributed by atoms with Gasteiger partial charge >= 0.3 is 0 Å². The summed E-state index contributed by atoms with van der Waals surface area (Å²) < 4.78 is 0. The molecule has 68 valence electrons. The molecule has 0 fully saturated rings. The number of aromatic amines is 1. The Morgan fingerprint density at radius 3 is 2.25 bits per heavy atom. The van der Waals surface area contributed by atoms with E-state index in [1.165, 1.54) is 0 Å². The third-order valence-corrected chi connectivity index (χ3v) is 1.60. The molecule has 3 N–H and O–H groups in total. The fourth-order valence-corrected chi connectivity index (χ4v) is 0.813. The van der Waals surface area contributed by atoms with Crippen molar-refractivity contribution in [2.75, 3.05) is 0 Å². The predicted octanol–water partition coefficient (Wildman–Crippen LogP) is 1.12. The van der Waals surface area contributed by atoms with Crippen LogP contribution in [0.5, 0.6) is 0 Å². The molecule has 12 heavy (non-hydrogen) atoms. The van der Waals surface area contributed by atoms with Gasteiger partial charge in [-0.3, -0.25) is 5.10 Å². The SMILES string of the molecule is CC(N)c1nc(C(C)(C)C)n[nH]1. The minimum absolute atomic E-state index is 0.0103. The van der Waals surface area contributed by atoms with Gasteiger partial charge in [0.15, 0.2) is 5.82 Å². The maximum atomic E-state index is 5.64. The lowest BCUT2D eigenvalue weighted by Gasteiger charge is -2.12. The lowest BCUT2D eigenvalue weighted by atomic mass is 9.96. The van der Waals surface area contributed by atoms with E-state index in [0.29, 0.717) is 0 Å². The second kappa shape index (κ2) is 2.86. The summed E-state index contributed by atoms with van der Waals surface area (Å²) in [7, 11) is 0. The Hall–Kier alpha value is -0.900. The number of aromatic nitrogens is 3. The van der Waals surface area contributed by atoms with Gasteiger partial charge in [0.05, 0.1) is 6.04 Å².